The Morgan fingerprint density at radius 2 is 2.15 bits per heavy atom. The molecule has 1 N–H and O–H groups in total. The Morgan fingerprint density at radius 1 is 1.35 bits per heavy atom. The van der Waals surface area contributed by atoms with E-state index in [1.165, 1.54) is 17.2 Å². The molecule has 8 heteroatoms. The molecule has 1 aliphatic carbocycles. The molecule has 0 atom stereocenters. The molecule has 0 spiro atoms. The summed E-state index contributed by atoms with van der Waals surface area (Å²) in [6.07, 6.45) is 10.3. The van der Waals surface area contributed by atoms with Gasteiger partial charge in [-0.1, -0.05) is 12.8 Å². The number of rotatable bonds is 4. The highest BCUT2D eigenvalue weighted by Crippen LogP contribution is 2.30. The molecule has 0 bridgehead atoms. The van der Waals surface area contributed by atoms with Crippen LogP contribution in [0.15, 0.2) is 25.0 Å². The Bertz CT molecular complexity index is 606. The van der Waals surface area contributed by atoms with Crippen molar-refractivity contribution < 1.29 is 4.92 Å². The zero-order valence-electron chi connectivity index (χ0n) is 10.8. The first-order valence-electron chi connectivity index (χ1n) is 6.50. The van der Waals surface area contributed by atoms with Crippen LogP contribution in [0.5, 0.6) is 0 Å². The van der Waals surface area contributed by atoms with E-state index in [9.17, 15) is 10.1 Å². The molecule has 8 nitrogen and oxygen atoms in total. The van der Waals surface area contributed by atoms with Crippen LogP contribution in [0.2, 0.25) is 0 Å². The molecule has 2 heterocycles. The third kappa shape index (κ3) is 2.31. The SMILES string of the molecule is O=[N+]([O-])c1c(NC2CCCC2)ncnc1-n1ccnc1. The Morgan fingerprint density at radius 3 is 2.80 bits per heavy atom. The fourth-order valence-electron chi connectivity index (χ4n) is 2.48. The van der Waals surface area contributed by atoms with Gasteiger partial charge in [0.1, 0.15) is 12.7 Å². The molecule has 0 radical (unpaired) electrons. The number of hydrogen-bond donors (Lipinski definition) is 1. The molecule has 2 aromatic heterocycles. The fourth-order valence-corrected chi connectivity index (χ4v) is 2.48. The summed E-state index contributed by atoms with van der Waals surface area (Å²) in [5.74, 6) is 0.503. The van der Waals surface area contributed by atoms with Crippen molar-refractivity contribution in [3.63, 3.8) is 0 Å². The Kier molecular flexibility index (Phi) is 3.28. The lowest BCUT2D eigenvalue weighted by molar-refractivity contribution is -0.384. The van der Waals surface area contributed by atoms with Crippen molar-refractivity contribution in [2.75, 3.05) is 5.32 Å². The minimum absolute atomic E-state index is 0.114. The predicted molar refractivity (Wildman–Crippen MR) is 71.7 cm³/mol. The van der Waals surface area contributed by atoms with Crippen molar-refractivity contribution in [2.45, 2.75) is 31.7 Å². The molecule has 0 amide bonds. The number of anilines is 1. The van der Waals surface area contributed by atoms with E-state index >= 15 is 0 Å². The lowest BCUT2D eigenvalue weighted by Gasteiger charge is -2.13. The normalized spacial score (nSPS) is 15.4. The van der Waals surface area contributed by atoms with Crippen molar-refractivity contribution in [1.29, 1.82) is 0 Å². The van der Waals surface area contributed by atoms with Gasteiger partial charge >= 0.3 is 5.69 Å². The van der Waals surface area contributed by atoms with Gasteiger partial charge in [-0.25, -0.2) is 15.0 Å². The highest BCUT2D eigenvalue weighted by atomic mass is 16.6. The maximum Gasteiger partial charge on any atom is 0.354 e. The van der Waals surface area contributed by atoms with Crippen LogP contribution in [0, 0.1) is 10.1 Å². The van der Waals surface area contributed by atoms with Crippen LogP contribution in [0.4, 0.5) is 11.5 Å². The summed E-state index contributed by atoms with van der Waals surface area (Å²) in [5.41, 5.74) is -0.114. The first kappa shape index (κ1) is 12.5. The molecule has 3 rings (SSSR count). The second kappa shape index (κ2) is 5.24. The minimum Gasteiger partial charge on any atom is -0.361 e. The van der Waals surface area contributed by atoms with Crippen LogP contribution in [-0.4, -0.2) is 30.5 Å². The van der Waals surface area contributed by atoms with Gasteiger partial charge in [0.05, 0.1) is 4.92 Å². The third-order valence-corrected chi connectivity index (χ3v) is 3.43. The van der Waals surface area contributed by atoms with Crippen LogP contribution < -0.4 is 5.32 Å². The Hall–Kier alpha value is -2.51. The van der Waals surface area contributed by atoms with Crippen molar-refractivity contribution >= 4 is 11.5 Å². The quantitative estimate of drug-likeness (QED) is 0.675. The monoisotopic (exact) mass is 274 g/mol. The summed E-state index contributed by atoms with van der Waals surface area (Å²) >= 11 is 0. The Balaban J connectivity index is 2.01. The van der Waals surface area contributed by atoms with Gasteiger partial charge in [0.25, 0.3) is 0 Å². The summed E-state index contributed by atoms with van der Waals surface area (Å²) in [7, 11) is 0. The summed E-state index contributed by atoms with van der Waals surface area (Å²) in [4.78, 5) is 22.8. The van der Waals surface area contributed by atoms with Gasteiger partial charge in [0, 0.05) is 18.4 Å². The molecular weight excluding hydrogens is 260 g/mol. The molecule has 1 fully saturated rings. The van der Waals surface area contributed by atoms with Crippen LogP contribution in [0.1, 0.15) is 25.7 Å². The maximum atomic E-state index is 11.4. The summed E-state index contributed by atoms with van der Waals surface area (Å²) in [5, 5.41) is 14.5. The lowest BCUT2D eigenvalue weighted by atomic mass is 10.2. The molecule has 0 saturated heterocycles. The van der Waals surface area contributed by atoms with Gasteiger partial charge in [-0.2, -0.15) is 0 Å². The van der Waals surface area contributed by atoms with Gasteiger partial charge in [-0.15, -0.1) is 0 Å². The molecule has 0 aromatic carbocycles. The van der Waals surface area contributed by atoms with Gasteiger partial charge < -0.3 is 5.32 Å². The largest absolute Gasteiger partial charge is 0.361 e. The Labute approximate surface area is 115 Å². The molecule has 0 aliphatic heterocycles. The molecule has 1 aliphatic rings. The predicted octanol–water partition coefficient (Wildman–Crippen LogP) is 1.92. The van der Waals surface area contributed by atoms with Gasteiger partial charge in [-0.05, 0) is 12.8 Å². The van der Waals surface area contributed by atoms with E-state index in [1.54, 1.807) is 12.4 Å². The van der Waals surface area contributed by atoms with Gasteiger partial charge in [-0.3, -0.25) is 14.7 Å². The minimum atomic E-state index is -0.452. The topological polar surface area (TPSA) is 98.8 Å². The molecular formula is C12H14N6O2. The second-order valence-corrected chi connectivity index (χ2v) is 4.75. The van der Waals surface area contributed by atoms with Crippen LogP contribution >= 0.6 is 0 Å². The van der Waals surface area contributed by atoms with Gasteiger partial charge in [0.2, 0.25) is 11.6 Å². The third-order valence-electron chi connectivity index (χ3n) is 3.43. The van der Waals surface area contributed by atoms with E-state index < -0.39 is 4.92 Å². The number of imidazole rings is 1. The van der Waals surface area contributed by atoms with Crippen LogP contribution in [0.3, 0.4) is 0 Å². The van der Waals surface area contributed by atoms with E-state index in [0.29, 0.717) is 0 Å². The van der Waals surface area contributed by atoms with E-state index in [-0.39, 0.29) is 23.4 Å². The highest BCUT2D eigenvalue weighted by Gasteiger charge is 2.26. The summed E-state index contributed by atoms with van der Waals surface area (Å²) in [6.45, 7) is 0. The smallest absolute Gasteiger partial charge is 0.354 e. The maximum absolute atomic E-state index is 11.4. The van der Waals surface area contributed by atoms with E-state index in [1.807, 2.05) is 0 Å². The van der Waals surface area contributed by atoms with Crippen molar-refractivity contribution in [2.24, 2.45) is 0 Å². The number of nitro groups is 1. The van der Waals surface area contributed by atoms with E-state index in [2.05, 4.69) is 20.3 Å². The zero-order valence-corrected chi connectivity index (χ0v) is 10.8. The average molecular weight is 274 g/mol. The molecule has 1 saturated carbocycles. The fraction of sp³-hybridized carbons (Fsp3) is 0.417. The summed E-state index contributed by atoms with van der Waals surface area (Å²) < 4.78 is 1.51. The molecule has 20 heavy (non-hydrogen) atoms. The lowest BCUT2D eigenvalue weighted by Crippen LogP contribution is -2.18. The standard InChI is InChI=1S/C12H14N6O2/c19-18(20)10-11(16-9-3-1-2-4-9)14-7-15-12(10)17-6-5-13-8-17/h5-9H,1-4H2,(H,14,15,16). The van der Waals surface area contributed by atoms with Crippen LogP contribution in [-0.2, 0) is 0 Å². The van der Waals surface area contributed by atoms with E-state index in [0.717, 1.165) is 25.7 Å². The number of nitrogens with zero attached hydrogens (tertiary/aromatic N) is 5. The van der Waals surface area contributed by atoms with Crippen molar-refractivity contribution in [3.8, 4) is 5.82 Å². The first-order chi connectivity index (χ1) is 9.75. The van der Waals surface area contributed by atoms with Crippen molar-refractivity contribution in [3.05, 3.63) is 35.2 Å². The number of hydrogen-bond acceptors (Lipinski definition) is 6. The van der Waals surface area contributed by atoms with Gasteiger partial charge in [0.15, 0.2) is 0 Å². The molecule has 0 unspecified atom stereocenters. The van der Waals surface area contributed by atoms with Crippen molar-refractivity contribution in [1.82, 2.24) is 19.5 Å². The summed E-state index contributed by atoms with van der Waals surface area (Å²) in [6, 6.07) is 0.249. The number of nitrogens with one attached hydrogen (secondary N) is 1. The molecule has 2 aromatic rings. The first-order valence-corrected chi connectivity index (χ1v) is 6.50. The highest BCUT2D eigenvalue weighted by molar-refractivity contribution is 5.64. The second-order valence-electron chi connectivity index (χ2n) is 4.75. The van der Waals surface area contributed by atoms with E-state index in [4.69, 9.17) is 0 Å². The van der Waals surface area contributed by atoms with Crippen LogP contribution in [0.25, 0.3) is 5.82 Å². The average Bonchev–Trinajstić information content (AvgIpc) is 3.11. The molecule has 104 valence electrons. The zero-order chi connectivity index (χ0) is 13.9. The number of aromatic nitrogens is 4.